The molecule has 3 atom stereocenters. The normalized spacial score (nSPS) is 21.3. The molecule has 120 valence electrons. The summed E-state index contributed by atoms with van der Waals surface area (Å²) in [6, 6.07) is 3.46. The molecule has 0 bridgehead atoms. The summed E-state index contributed by atoms with van der Waals surface area (Å²) in [7, 11) is 0. The lowest BCUT2D eigenvalue weighted by Gasteiger charge is -2.27. The van der Waals surface area contributed by atoms with Crippen LogP contribution in [0.15, 0.2) is 18.2 Å². The SMILES string of the molecule is CCC(C)N(CC(=O)O)C(=O)C1CC1c1ccc(F)c(F)c1. The van der Waals surface area contributed by atoms with Crippen molar-refractivity contribution in [2.45, 2.75) is 38.6 Å². The molecule has 3 unspecified atom stereocenters. The van der Waals surface area contributed by atoms with E-state index < -0.39 is 17.6 Å². The Morgan fingerprint density at radius 2 is 2.05 bits per heavy atom. The Bertz CT molecular complexity index is 591. The molecule has 2 rings (SSSR count). The summed E-state index contributed by atoms with van der Waals surface area (Å²) in [5.41, 5.74) is 0.580. The maximum atomic E-state index is 13.3. The molecule has 4 nitrogen and oxygen atoms in total. The van der Waals surface area contributed by atoms with Gasteiger partial charge in [-0.15, -0.1) is 0 Å². The van der Waals surface area contributed by atoms with E-state index in [0.717, 1.165) is 12.1 Å². The molecule has 1 aliphatic rings. The number of carbonyl (C=O) groups excluding carboxylic acids is 1. The maximum Gasteiger partial charge on any atom is 0.323 e. The van der Waals surface area contributed by atoms with Crippen molar-refractivity contribution in [3.05, 3.63) is 35.4 Å². The fourth-order valence-corrected chi connectivity index (χ4v) is 2.61. The first-order valence-corrected chi connectivity index (χ1v) is 7.32. The van der Waals surface area contributed by atoms with Crippen molar-refractivity contribution in [3.63, 3.8) is 0 Å². The number of carboxylic acid groups (broad SMARTS) is 1. The van der Waals surface area contributed by atoms with Gasteiger partial charge in [0, 0.05) is 12.0 Å². The second-order valence-corrected chi connectivity index (χ2v) is 5.74. The zero-order valence-electron chi connectivity index (χ0n) is 12.6. The van der Waals surface area contributed by atoms with Crippen LogP contribution in [0.4, 0.5) is 8.78 Å². The van der Waals surface area contributed by atoms with Crippen molar-refractivity contribution in [1.29, 1.82) is 0 Å². The highest BCUT2D eigenvalue weighted by molar-refractivity contribution is 5.86. The van der Waals surface area contributed by atoms with Crippen molar-refractivity contribution >= 4 is 11.9 Å². The van der Waals surface area contributed by atoms with E-state index in [0.29, 0.717) is 18.4 Å². The fraction of sp³-hybridized carbons (Fsp3) is 0.500. The average molecular weight is 311 g/mol. The molecule has 1 saturated carbocycles. The van der Waals surface area contributed by atoms with Gasteiger partial charge in [-0.1, -0.05) is 13.0 Å². The Labute approximate surface area is 127 Å². The van der Waals surface area contributed by atoms with Gasteiger partial charge in [0.2, 0.25) is 5.91 Å². The van der Waals surface area contributed by atoms with E-state index >= 15 is 0 Å². The summed E-state index contributed by atoms with van der Waals surface area (Å²) in [5, 5.41) is 8.94. The molecule has 22 heavy (non-hydrogen) atoms. The monoisotopic (exact) mass is 311 g/mol. The molecule has 0 spiro atoms. The quantitative estimate of drug-likeness (QED) is 0.879. The van der Waals surface area contributed by atoms with Crippen molar-refractivity contribution in [2.24, 2.45) is 5.92 Å². The highest BCUT2D eigenvalue weighted by Gasteiger charge is 2.46. The standard InChI is InChI=1S/C16H19F2NO3/c1-3-9(2)19(8-15(20)21)16(22)12-7-11(12)10-4-5-13(17)14(18)6-10/h4-6,9,11-12H,3,7-8H2,1-2H3,(H,20,21). The van der Waals surface area contributed by atoms with Crippen LogP contribution >= 0.6 is 0 Å². The second-order valence-electron chi connectivity index (χ2n) is 5.74. The molecule has 1 fully saturated rings. The van der Waals surface area contributed by atoms with Gasteiger partial charge in [-0.05, 0) is 43.4 Å². The number of aliphatic carboxylic acids is 1. The number of halogens is 2. The Hall–Kier alpha value is -1.98. The summed E-state index contributed by atoms with van der Waals surface area (Å²) < 4.78 is 26.2. The van der Waals surface area contributed by atoms with Crippen molar-refractivity contribution in [3.8, 4) is 0 Å². The van der Waals surface area contributed by atoms with E-state index in [-0.39, 0.29) is 30.3 Å². The van der Waals surface area contributed by atoms with E-state index in [1.165, 1.54) is 11.0 Å². The predicted octanol–water partition coefficient (Wildman–Crippen LogP) is 2.78. The van der Waals surface area contributed by atoms with Gasteiger partial charge in [0.1, 0.15) is 6.54 Å². The second kappa shape index (κ2) is 6.42. The smallest absolute Gasteiger partial charge is 0.323 e. The van der Waals surface area contributed by atoms with E-state index in [4.69, 9.17) is 5.11 Å². The molecule has 1 aliphatic carbocycles. The Kier molecular flexibility index (Phi) is 4.78. The molecule has 1 N–H and O–H groups in total. The van der Waals surface area contributed by atoms with Crippen LogP contribution < -0.4 is 0 Å². The van der Waals surface area contributed by atoms with E-state index in [2.05, 4.69) is 0 Å². The highest BCUT2D eigenvalue weighted by Crippen LogP contribution is 2.48. The third-order valence-electron chi connectivity index (χ3n) is 4.19. The molecular weight excluding hydrogens is 292 g/mol. The van der Waals surface area contributed by atoms with Crippen LogP contribution in [-0.4, -0.2) is 34.5 Å². The van der Waals surface area contributed by atoms with Gasteiger partial charge in [-0.3, -0.25) is 9.59 Å². The van der Waals surface area contributed by atoms with Gasteiger partial charge in [0.15, 0.2) is 11.6 Å². The first-order chi connectivity index (χ1) is 10.3. The van der Waals surface area contributed by atoms with Crippen LogP contribution in [0.5, 0.6) is 0 Å². The van der Waals surface area contributed by atoms with Gasteiger partial charge in [-0.2, -0.15) is 0 Å². The summed E-state index contributed by atoms with van der Waals surface area (Å²) >= 11 is 0. The lowest BCUT2D eigenvalue weighted by molar-refractivity contribution is -0.146. The van der Waals surface area contributed by atoms with Crippen LogP contribution in [0.2, 0.25) is 0 Å². The molecule has 0 radical (unpaired) electrons. The first kappa shape index (κ1) is 16.4. The van der Waals surface area contributed by atoms with E-state index in [9.17, 15) is 18.4 Å². The number of benzene rings is 1. The van der Waals surface area contributed by atoms with Crippen molar-refractivity contribution < 1.29 is 23.5 Å². The lowest BCUT2D eigenvalue weighted by Crippen LogP contribution is -2.42. The number of carbonyl (C=O) groups is 2. The highest BCUT2D eigenvalue weighted by atomic mass is 19.2. The lowest BCUT2D eigenvalue weighted by atomic mass is 10.1. The third kappa shape index (κ3) is 3.43. The summed E-state index contributed by atoms with van der Waals surface area (Å²) in [6.45, 7) is 3.34. The number of rotatable bonds is 6. The Morgan fingerprint density at radius 1 is 1.36 bits per heavy atom. The third-order valence-corrected chi connectivity index (χ3v) is 4.19. The van der Waals surface area contributed by atoms with Crippen LogP contribution in [0, 0.1) is 17.6 Å². The zero-order chi connectivity index (χ0) is 16.4. The predicted molar refractivity (Wildman–Crippen MR) is 76.3 cm³/mol. The number of amides is 1. The molecular formula is C16H19F2NO3. The minimum Gasteiger partial charge on any atom is -0.480 e. The molecule has 0 aliphatic heterocycles. The number of carboxylic acids is 1. The van der Waals surface area contributed by atoms with Crippen LogP contribution in [0.3, 0.4) is 0 Å². The Balaban J connectivity index is 2.10. The minimum absolute atomic E-state index is 0.164. The van der Waals surface area contributed by atoms with E-state index in [1.54, 1.807) is 6.92 Å². The van der Waals surface area contributed by atoms with Gasteiger partial charge in [-0.25, -0.2) is 8.78 Å². The van der Waals surface area contributed by atoms with Crippen LogP contribution in [0.25, 0.3) is 0 Å². The number of hydrogen-bond donors (Lipinski definition) is 1. The molecule has 0 heterocycles. The van der Waals surface area contributed by atoms with Gasteiger partial charge >= 0.3 is 5.97 Å². The van der Waals surface area contributed by atoms with Crippen LogP contribution in [-0.2, 0) is 9.59 Å². The average Bonchev–Trinajstić information content (AvgIpc) is 3.26. The summed E-state index contributed by atoms with van der Waals surface area (Å²) in [5.74, 6) is -3.65. The van der Waals surface area contributed by atoms with Crippen molar-refractivity contribution in [1.82, 2.24) is 4.90 Å². The molecule has 1 aromatic carbocycles. The minimum atomic E-state index is -1.06. The Morgan fingerprint density at radius 3 is 2.59 bits per heavy atom. The largest absolute Gasteiger partial charge is 0.480 e. The van der Waals surface area contributed by atoms with Gasteiger partial charge < -0.3 is 10.0 Å². The fourth-order valence-electron chi connectivity index (χ4n) is 2.61. The van der Waals surface area contributed by atoms with Gasteiger partial charge in [0.05, 0.1) is 0 Å². The topological polar surface area (TPSA) is 57.6 Å². The molecule has 1 amide bonds. The van der Waals surface area contributed by atoms with Crippen molar-refractivity contribution in [2.75, 3.05) is 6.54 Å². The van der Waals surface area contributed by atoms with Crippen LogP contribution in [0.1, 0.15) is 38.2 Å². The van der Waals surface area contributed by atoms with Gasteiger partial charge in [0.25, 0.3) is 0 Å². The number of nitrogens with zero attached hydrogens (tertiary/aromatic N) is 1. The summed E-state index contributed by atoms with van der Waals surface area (Å²) in [4.78, 5) is 24.8. The maximum absolute atomic E-state index is 13.3. The zero-order valence-corrected chi connectivity index (χ0v) is 12.6. The molecule has 0 aromatic heterocycles. The molecule has 1 aromatic rings. The number of hydrogen-bond acceptors (Lipinski definition) is 2. The molecule has 6 heteroatoms. The molecule has 0 saturated heterocycles. The van der Waals surface area contributed by atoms with E-state index in [1.807, 2.05) is 6.92 Å². The summed E-state index contributed by atoms with van der Waals surface area (Å²) in [6.07, 6.45) is 1.19. The first-order valence-electron chi connectivity index (χ1n) is 7.32.